The molecule has 3 heterocycles. The summed E-state index contributed by atoms with van der Waals surface area (Å²) < 4.78 is 61.4. The summed E-state index contributed by atoms with van der Waals surface area (Å²) in [7, 11) is 1.34. The number of anilines is 4. The maximum atomic E-state index is 14.4. The highest BCUT2D eigenvalue weighted by Gasteiger charge is 2.39. The van der Waals surface area contributed by atoms with Crippen LogP contribution in [-0.4, -0.2) is 83.9 Å². The molecule has 0 bridgehead atoms. The molecule has 2 saturated heterocycles. The van der Waals surface area contributed by atoms with Crippen LogP contribution in [-0.2, 0) is 31.8 Å². The summed E-state index contributed by atoms with van der Waals surface area (Å²) in [4.78, 5) is 58.5. The minimum atomic E-state index is -4.84. The van der Waals surface area contributed by atoms with Crippen LogP contribution in [0.1, 0.15) is 69.7 Å². The van der Waals surface area contributed by atoms with E-state index in [-0.39, 0.29) is 42.6 Å². The minimum Gasteiger partial charge on any atom is -0.493 e. The summed E-state index contributed by atoms with van der Waals surface area (Å²) in [5, 5.41) is 17.0. The number of nitrogens with one attached hydrogen (secondary N) is 3. The zero-order chi connectivity index (χ0) is 43.1. The zero-order valence-electron chi connectivity index (χ0n) is 33.1. The number of nitrogens with zero attached hydrogens (tertiary/aromatic N) is 5. The molecule has 314 valence electrons. The number of carbonyl (C=O) groups excluding carboxylic acids is 4. The Morgan fingerprint density at radius 1 is 1.08 bits per heavy atom. The number of amides is 4. The Labute approximate surface area is 345 Å². The van der Waals surface area contributed by atoms with Crippen LogP contribution in [0, 0.1) is 23.1 Å². The summed E-state index contributed by atoms with van der Waals surface area (Å²) in [5.74, 6) is -1.24. The number of aromatic nitrogens is 1. The fourth-order valence-electron chi connectivity index (χ4n) is 7.17. The molecule has 1 atom stereocenters. The molecule has 3 N–H and O–H groups in total. The van der Waals surface area contributed by atoms with Crippen LogP contribution in [0.15, 0.2) is 48.7 Å². The number of imide groups is 1. The predicted molar refractivity (Wildman–Crippen MR) is 217 cm³/mol. The SMILES string of the molecule is CCc1cc(N(C=S)C(C)(C)C(=O)N(C)c2cnc(C#N)c(C(F)(F)F)c2)ccc1OCCC1CCN(CC(=O)Nc2cc(F)cc(NC3CCC(=O)NC3=O)c2)CC1. The second-order valence-corrected chi connectivity index (χ2v) is 15.2. The third-order valence-electron chi connectivity index (χ3n) is 10.5. The van der Waals surface area contributed by atoms with Crippen molar-refractivity contribution in [2.24, 2.45) is 5.92 Å². The van der Waals surface area contributed by atoms with Crippen LogP contribution in [0.25, 0.3) is 0 Å². The van der Waals surface area contributed by atoms with Crippen molar-refractivity contribution in [3.63, 3.8) is 0 Å². The molecule has 2 fully saturated rings. The smallest absolute Gasteiger partial charge is 0.419 e. The number of pyridine rings is 1. The van der Waals surface area contributed by atoms with Gasteiger partial charge in [0.1, 0.15) is 29.2 Å². The normalized spacial score (nSPS) is 16.4. The number of benzene rings is 2. The Hall–Kier alpha value is -5.67. The van der Waals surface area contributed by atoms with E-state index in [0.29, 0.717) is 49.2 Å². The number of thiocarbonyl (C=S) groups is 1. The molecule has 1 unspecified atom stereocenters. The molecule has 2 aliphatic heterocycles. The van der Waals surface area contributed by atoms with Gasteiger partial charge in [0.15, 0.2) is 5.69 Å². The van der Waals surface area contributed by atoms with Gasteiger partial charge in [0.05, 0.1) is 36.1 Å². The van der Waals surface area contributed by atoms with E-state index in [2.05, 4.69) is 20.9 Å². The zero-order valence-corrected chi connectivity index (χ0v) is 33.9. The summed E-state index contributed by atoms with van der Waals surface area (Å²) in [6.45, 7) is 7.15. The fourth-order valence-corrected chi connectivity index (χ4v) is 7.56. The highest BCUT2D eigenvalue weighted by atomic mass is 32.1. The fraction of sp³-hybridized carbons (Fsp3) is 0.439. The third-order valence-corrected chi connectivity index (χ3v) is 10.7. The first-order chi connectivity index (χ1) is 27.9. The lowest BCUT2D eigenvalue weighted by molar-refractivity contribution is -0.138. The van der Waals surface area contributed by atoms with Gasteiger partial charge in [-0.3, -0.25) is 29.4 Å². The van der Waals surface area contributed by atoms with Crippen LogP contribution in [0.5, 0.6) is 5.75 Å². The standard InChI is InChI=1S/C41H46F4N8O5S/c1-5-26-16-30(53(24-59)40(2,3)39(57)51(4)31-20-32(41(43,44)45)34(21-46)47-22-31)6-8-35(26)58-15-12-25-10-13-52(14-11-25)23-37(55)49-29-18-27(42)17-28(19-29)48-33-7-9-36(54)50-38(33)56/h6,8,16-20,22,24-25,33,48H,5,7,9-15,23H2,1-4H3,(H,49,55)(H,50,54,56). The number of likely N-dealkylation sites (tertiary alicyclic amines) is 1. The molecule has 59 heavy (non-hydrogen) atoms. The van der Waals surface area contributed by atoms with E-state index in [9.17, 15) is 36.7 Å². The molecule has 0 spiro atoms. The van der Waals surface area contributed by atoms with Crippen LogP contribution in [0.2, 0.25) is 0 Å². The van der Waals surface area contributed by atoms with Crippen molar-refractivity contribution in [2.75, 3.05) is 53.7 Å². The van der Waals surface area contributed by atoms with Crippen molar-refractivity contribution >= 4 is 64.1 Å². The highest BCUT2D eigenvalue weighted by molar-refractivity contribution is 7.79. The monoisotopic (exact) mass is 838 g/mol. The summed E-state index contributed by atoms with van der Waals surface area (Å²) in [5.41, 5.74) is -0.170. The number of hydrogen-bond donors (Lipinski definition) is 3. The van der Waals surface area contributed by atoms with Gasteiger partial charge in [0, 0.05) is 30.5 Å². The summed E-state index contributed by atoms with van der Waals surface area (Å²) in [6, 6.07) is 10.9. The molecule has 4 amide bonds. The number of halogens is 4. The van der Waals surface area contributed by atoms with E-state index in [1.165, 1.54) is 30.7 Å². The molecule has 13 nitrogen and oxygen atoms in total. The van der Waals surface area contributed by atoms with Gasteiger partial charge in [-0.15, -0.1) is 0 Å². The maximum absolute atomic E-state index is 14.4. The van der Waals surface area contributed by atoms with Crippen molar-refractivity contribution in [3.8, 4) is 11.8 Å². The lowest BCUT2D eigenvalue weighted by atomic mass is 9.94. The third kappa shape index (κ3) is 11.1. The van der Waals surface area contributed by atoms with E-state index >= 15 is 0 Å². The lowest BCUT2D eigenvalue weighted by Gasteiger charge is -2.38. The average Bonchev–Trinajstić information content (AvgIpc) is 3.18. The van der Waals surface area contributed by atoms with E-state index in [4.69, 9.17) is 22.2 Å². The summed E-state index contributed by atoms with van der Waals surface area (Å²) >= 11 is 5.33. The van der Waals surface area contributed by atoms with Gasteiger partial charge in [0.2, 0.25) is 17.7 Å². The molecular weight excluding hydrogens is 793 g/mol. The molecule has 18 heteroatoms. The number of rotatable bonds is 15. The first-order valence-electron chi connectivity index (χ1n) is 19.1. The Kier molecular flexibility index (Phi) is 14.3. The average molecular weight is 839 g/mol. The number of ether oxygens (including phenoxy) is 1. The van der Waals surface area contributed by atoms with Gasteiger partial charge >= 0.3 is 6.18 Å². The number of hydrogen-bond acceptors (Lipinski definition) is 10. The van der Waals surface area contributed by atoms with Crippen molar-refractivity contribution in [3.05, 3.63) is 71.3 Å². The molecule has 5 rings (SSSR count). The number of carbonyl (C=O) groups is 4. The number of likely N-dealkylation sites (N-methyl/N-ethyl adjacent to an activating group) is 1. The summed E-state index contributed by atoms with van der Waals surface area (Å²) in [6.07, 6.45) is -0.234. The van der Waals surface area contributed by atoms with Gasteiger partial charge in [-0.25, -0.2) is 9.37 Å². The van der Waals surface area contributed by atoms with E-state index in [1.807, 2.05) is 17.9 Å². The van der Waals surface area contributed by atoms with Gasteiger partial charge < -0.3 is 25.2 Å². The lowest BCUT2D eigenvalue weighted by Crippen LogP contribution is -2.55. The van der Waals surface area contributed by atoms with Crippen LogP contribution < -0.4 is 30.5 Å². The molecule has 0 aliphatic carbocycles. The Morgan fingerprint density at radius 2 is 1.80 bits per heavy atom. The molecule has 3 aromatic rings. The first-order valence-corrected chi connectivity index (χ1v) is 19.6. The number of nitriles is 1. The number of aryl methyl sites for hydroxylation is 1. The molecular formula is C41H46F4N8O5S. The van der Waals surface area contributed by atoms with Crippen molar-refractivity contribution in [1.29, 1.82) is 5.26 Å². The molecule has 2 aliphatic rings. The topological polar surface area (TPSA) is 160 Å². The van der Waals surface area contributed by atoms with Gasteiger partial charge in [-0.2, -0.15) is 18.4 Å². The van der Waals surface area contributed by atoms with E-state index in [1.54, 1.807) is 36.9 Å². The van der Waals surface area contributed by atoms with Crippen molar-refractivity contribution in [2.45, 2.75) is 77.1 Å². The molecule has 0 radical (unpaired) electrons. The van der Waals surface area contributed by atoms with Crippen LogP contribution >= 0.6 is 12.2 Å². The predicted octanol–water partition coefficient (Wildman–Crippen LogP) is 6.22. The van der Waals surface area contributed by atoms with E-state index in [0.717, 1.165) is 42.0 Å². The second-order valence-electron chi connectivity index (χ2n) is 15.0. The quantitative estimate of drug-likeness (QED) is 0.0907. The maximum Gasteiger partial charge on any atom is 0.419 e. The molecule has 0 saturated carbocycles. The van der Waals surface area contributed by atoms with Gasteiger partial charge in [0.25, 0.3) is 5.91 Å². The Bertz CT molecular complexity index is 2120. The number of alkyl halides is 3. The van der Waals surface area contributed by atoms with Crippen LogP contribution in [0.4, 0.5) is 40.3 Å². The minimum absolute atomic E-state index is 0.130. The highest BCUT2D eigenvalue weighted by Crippen LogP contribution is 2.35. The van der Waals surface area contributed by atoms with Crippen LogP contribution in [0.3, 0.4) is 0 Å². The largest absolute Gasteiger partial charge is 0.493 e. The molecule has 1 aromatic heterocycles. The molecule has 2 aromatic carbocycles. The van der Waals surface area contributed by atoms with E-state index < -0.39 is 46.6 Å². The van der Waals surface area contributed by atoms with Gasteiger partial charge in [-0.05, 0) is 113 Å². The second kappa shape index (κ2) is 18.9. The van der Waals surface area contributed by atoms with Gasteiger partial charge in [-0.1, -0.05) is 19.1 Å². The number of piperidine rings is 2. The Balaban J connectivity index is 1.11. The first kappa shape index (κ1) is 44.4. The van der Waals surface area contributed by atoms with Crippen molar-refractivity contribution in [1.82, 2.24) is 15.2 Å². The van der Waals surface area contributed by atoms with Crippen molar-refractivity contribution < 1.29 is 41.5 Å². The Morgan fingerprint density at radius 3 is 2.44 bits per heavy atom.